The van der Waals surface area contributed by atoms with Crippen LogP contribution in [-0.4, -0.2) is 30.3 Å². The van der Waals surface area contributed by atoms with E-state index in [0.29, 0.717) is 33.4 Å². The van der Waals surface area contributed by atoms with Gasteiger partial charge in [-0.15, -0.1) is 0 Å². The third kappa shape index (κ3) is 4.54. The molecule has 7 heteroatoms. The molecule has 3 aromatic rings. The summed E-state index contributed by atoms with van der Waals surface area (Å²) >= 11 is 0. The summed E-state index contributed by atoms with van der Waals surface area (Å²) in [5, 5.41) is 23.3. The molecule has 1 aliphatic heterocycles. The molecule has 0 bridgehead atoms. The van der Waals surface area contributed by atoms with Crippen LogP contribution >= 0.6 is 0 Å². The minimum atomic E-state index is -1.58. The van der Waals surface area contributed by atoms with E-state index >= 15 is 0 Å². The number of para-hydroxylation sites is 1. The Morgan fingerprint density at radius 2 is 1.81 bits per heavy atom. The molecule has 1 atom stereocenters. The number of aryl methyl sites for hydroxylation is 1. The van der Waals surface area contributed by atoms with Gasteiger partial charge in [-0.05, 0) is 49.8 Å². The van der Waals surface area contributed by atoms with Crippen molar-refractivity contribution < 1.29 is 14.5 Å². The Bertz CT molecular complexity index is 1180. The normalized spacial score (nSPS) is 16.8. The van der Waals surface area contributed by atoms with Crippen molar-refractivity contribution >= 4 is 35.1 Å². The lowest BCUT2D eigenvalue weighted by molar-refractivity contribution is 0.274. The van der Waals surface area contributed by atoms with Crippen molar-refractivity contribution in [3.8, 4) is 0 Å². The SMILES string of the molecule is Cc1cc(C(C)Nc2ccccc2B(O)O)c2oc(N3CCC(C)(C)CC3)cc(=O)c2c1. The molecular weight excluding hydrogens is 403 g/mol. The van der Waals surface area contributed by atoms with Crippen molar-refractivity contribution in [2.45, 2.75) is 46.6 Å². The van der Waals surface area contributed by atoms with Crippen LogP contribution in [0.25, 0.3) is 11.0 Å². The Morgan fingerprint density at radius 1 is 1.12 bits per heavy atom. The molecule has 3 N–H and O–H groups in total. The van der Waals surface area contributed by atoms with Crippen molar-refractivity contribution in [1.82, 2.24) is 0 Å². The van der Waals surface area contributed by atoms with Gasteiger partial charge in [-0.25, -0.2) is 0 Å². The third-order valence-electron chi connectivity index (χ3n) is 6.49. The molecule has 1 fully saturated rings. The van der Waals surface area contributed by atoms with E-state index in [1.807, 2.05) is 32.0 Å². The van der Waals surface area contributed by atoms with E-state index < -0.39 is 7.12 Å². The minimum absolute atomic E-state index is 0.0468. The van der Waals surface area contributed by atoms with Crippen molar-refractivity contribution in [3.05, 3.63) is 63.8 Å². The molecule has 6 nitrogen and oxygen atoms in total. The molecule has 0 aliphatic carbocycles. The Hall–Kier alpha value is -2.77. The third-order valence-corrected chi connectivity index (χ3v) is 6.49. The van der Waals surface area contributed by atoms with Crippen LogP contribution in [0.15, 0.2) is 51.7 Å². The van der Waals surface area contributed by atoms with E-state index in [1.165, 1.54) is 0 Å². The maximum absolute atomic E-state index is 13.0. The van der Waals surface area contributed by atoms with Crippen LogP contribution in [0, 0.1) is 12.3 Å². The number of benzene rings is 2. The Morgan fingerprint density at radius 3 is 2.50 bits per heavy atom. The summed E-state index contributed by atoms with van der Waals surface area (Å²) < 4.78 is 6.36. The zero-order valence-electron chi connectivity index (χ0n) is 19.2. The van der Waals surface area contributed by atoms with E-state index in [1.54, 1.807) is 24.3 Å². The van der Waals surface area contributed by atoms with Crippen LogP contribution in [0.5, 0.6) is 0 Å². The number of anilines is 2. The summed E-state index contributed by atoms with van der Waals surface area (Å²) in [5.74, 6) is 0.612. The molecule has 1 unspecified atom stereocenters. The topological polar surface area (TPSA) is 85.9 Å². The number of nitrogens with zero attached hydrogens (tertiary/aromatic N) is 1. The summed E-state index contributed by atoms with van der Waals surface area (Å²) in [6.07, 6.45) is 2.10. The first-order valence-corrected chi connectivity index (χ1v) is 11.2. The molecule has 1 aromatic heterocycles. The van der Waals surface area contributed by atoms with Crippen LogP contribution in [0.2, 0.25) is 0 Å². The highest BCUT2D eigenvalue weighted by atomic mass is 16.4. The zero-order valence-corrected chi connectivity index (χ0v) is 19.2. The molecule has 1 saturated heterocycles. The second-order valence-corrected chi connectivity index (χ2v) is 9.66. The van der Waals surface area contributed by atoms with Crippen molar-refractivity contribution in [2.24, 2.45) is 5.41 Å². The van der Waals surface area contributed by atoms with Crippen molar-refractivity contribution in [2.75, 3.05) is 23.3 Å². The predicted molar refractivity (Wildman–Crippen MR) is 131 cm³/mol. The molecule has 1 aliphatic rings. The van der Waals surface area contributed by atoms with Gasteiger partial charge in [0.15, 0.2) is 11.3 Å². The van der Waals surface area contributed by atoms with Gasteiger partial charge < -0.3 is 24.7 Å². The molecule has 0 radical (unpaired) electrons. The summed E-state index contributed by atoms with van der Waals surface area (Å²) in [4.78, 5) is 15.2. The van der Waals surface area contributed by atoms with Crippen LogP contribution in [0.3, 0.4) is 0 Å². The standard InChI is InChI=1S/C25H31BN2O4/c1-16-13-18(17(2)27-21-8-6-5-7-20(21)26(30)31)24-19(14-16)22(29)15-23(32-24)28-11-9-25(3,4)10-12-28/h5-8,13-15,17,27,30-31H,9-12H2,1-4H3. The summed E-state index contributed by atoms with van der Waals surface area (Å²) in [5.41, 5.74) is 3.68. The first-order chi connectivity index (χ1) is 15.1. The maximum atomic E-state index is 13.0. The number of hydrogen-bond donors (Lipinski definition) is 3. The molecule has 0 amide bonds. The molecule has 0 saturated carbocycles. The van der Waals surface area contributed by atoms with Crippen LogP contribution in [0.4, 0.5) is 11.6 Å². The molecule has 32 heavy (non-hydrogen) atoms. The van der Waals surface area contributed by atoms with Crippen molar-refractivity contribution in [1.29, 1.82) is 0 Å². The Labute approximate surface area is 189 Å². The van der Waals surface area contributed by atoms with Gasteiger partial charge in [0.25, 0.3) is 0 Å². The average Bonchev–Trinajstić information content (AvgIpc) is 2.74. The number of fused-ring (bicyclic) bond motifs is 1. The zero-order chi connectivity index (χ0) is 23.0. The number of hydrogen-bond acceptors (Lipinski definition) is 6. The fourth-order valence-electron chi connectivity index (χ4n) is 4.40. The first-order valence-electron chi connectivity index (χ1n) is 11.2. The number of rotatable bonds is 5. The highest BCUT2D eigenvalue weighted by molar-refractivity contribution is 6.60. The molecular formula is C25H31BN2O4. The largest absolute Gasteiger partial charge is 0.490 e. The highest BCUT2D eigenvalue weighted by Crippen LogP contribution is 2.34. The minimum Gasteiger partial charge on any atom is -0.440 e. The van der Waals surface area contributed by atoms with E-state index in [2.05, 4.69) is 24.1 Å². The lowest BCUT2D eigenvalue weighted by atomic mass is 9.79. The van der Waals surface area contributed by atoms with Gasteiger partial charge in [0.05, 0.1) is 11.4 Å². The van der Waals surface area contributed by atoms with Gasteiger partial charge in [0.1, 0.15) is 5.58 Å². The van der Waals surface area contributed by atoms with Crippen molar-refractivity contribution in [3.63, 3.8) is 0 Å². The number of nitrogens with one attached hydrogen (secondary N) is 1. The average molecular weight is 434 g/mol. The van der Waals surface area contributed by atoms with Crippen LogP contribution in [0.1, 0.15) is 50.8 Å². The lowest BCUT2D eigenvalue weighted by Gasteiger charge is -2.37. The smallest absolute Gasteiger partial charge is 0.440 e. The van der Waals surface area contributed by atoms with Gasteiger partial charge in [0, 0.05) is 35.9 Å². The predicted octanol–water partition coefficient (Wildman–Crippen LogP) is 3.58. The molecule has 0 spiro atoms. The molecule has 2 heterocycles. The molecule has 4 rings (SSSR count). The quantitative estimate of drug-likeness (QED) is 0.533. The van der Waals surface area contributed by atoms with Gasteiger partial charge in [0.2, 0.25) is 0 Å². The monoisotopic (exact) mass is 434 g/mol. The van der Waals surface area contributed by atoms with E-state index in [-0.39, 0.29) is 11.5 Å². The van der Waals surface area contributed by atoms with Gasteiger partial charge in [-0.1, -0.05) is 38.1 Å². The van der Waals surface area contributed by atoms with Crippen LogP contribution in [-0.2, 0) is 0 Å². The van der Waals surface area contributed by atoms with Crippen LogP contribution < -0.4 is 21.1 Å². The van der Waals surface area contributed by atoms with Gasteiger partial charge in [-0.2, -0.15) is 0 Å². The van der Waals surface area contributed by atoms with Gasteiger partial charge in [-0.3, -0.25) is 4.79 Å². The number of piperidine rings is 1. The highest BCUT2D eigenvalue weighted by Gasteiger charge is 2.27. The first kappa shape index (κ1) is 22.4. The fourth-order valence-corrected chi connectivity index (χ4v) is 4.40. The Kier molecular flexibility index (Phi) is 6.06. The fraction of sp³-hybridized carbons (Fsp3) is 0.400. The molecule has 2 aromatic carbocycles. The lowest BCUT2D eigenvalue weighted by Crippen LogP contribution is -2.37. The molecule has 168 valence electrons. The van der Waals surface area contributed by atoms with Gasteiger partial charge >= 0.3 is 7.12 Å². The Balaban J connectivity index is 1.74. The summed E-state index contributed by atoms with van der Waals surface area (Å²) in [6.45, 7) is 10.2. The van der Waals surface area contributed by atoms with E-state index in [4.69, 9.17) is 4.42 Å². The second-order valence-electron chi connectivity index (χ2n) is 9.66. The van der Waals surface area contributed by atoms with E-state index in [9.17, 15) is 14.8 Å². The summed E-state index contributed by atoms with van der Waals surface area (Å²) in [7, 11) is -1.58. The maximum Gasteiger partial charge on any atom is 0.490 e. The second kappa shape index (κ2) is 8.64. The summed E-state index contributed by atoms with van der Waals surface area (Å²) in [6, 6.07) is 12.3. The van der Waals surface area contributed by atoms with E-state index in [0.717, 1.165) is 37.1 Å².